The first-order chi connectivity index (χ1) is 16.7. The summed E-state index contributed by atoms with van der Waals surface area (Å²) in [6.45, 7) is 0.523. The zero-order valence-corrected chi connectivity index (χ0v) is 19.1. The van der Waals surface area contributed by atoms with Gasteiger partial charge in [-0.05, 0) is 35.4 Å². The molecule has 3 N–H and O–H groups in total. The number of ether oxygens (including phenoxy) is 2. The Morgan fingerprint density at radius 3 is 2.35 bits per heavy atom. The van der Waals surface area contributed by atoms with Crippen LogP contribution in [0.4, 0.5) is 0 Å². The summed E-state index contributed by atoms with van der Waals surface area (Å²) in [5.41, 5.74) is 6.89. The van der Waals surface area contributed by atoms with Gasteiger partial charge >= 0.3 is 0 Å². The second kappa shape index (κ2) is 11.0. The number of rotatable bonds is 10. The molecule has 0 fully saturated rings. The van der Waals surface area contributed by atoms with Crippen LogP contribution >= 0.6 is 0 Å². The Balaban J connectivity index is 1.73. The van der Waals surface area contributed by atoms with E-state index in [4.69, 9.17) is 19.6 Å². The van der Waals surface area contributed by atoms with Crippen molar-refractivity contribution >= 4 is 11.8 Å². The molecule has 0 saturated carbocycles. The molecule has 1 aliphatic rings. The predicted molar refractivity (Wildman–Crippen MR) is 131 cm³/mol. The number of benzene rings is 3. The van der Waals surface area contributed by atoms with Crippen LogP contribution in [0.3, 0.4) is 0 Å². The van der Waals surface area contributed by atoms with Crippen molar-refractivity contribution < 1.29 is 19.4 Å². The maximum absolute atomic E-state index is 13.5. The summed E-state index contributed by atoms with van der Waals surface area (Å²) in [6.07, 6.45) is 0.323. The molecule has 0 saturated heterocycles. The molecule has 7 nitrogen and oxygen atoms in total. The fourth-order valence-corrected chi connectivity index (χ4v) is 4.04. The number of aliphatic imine (C=N–C) groups is 1. The van der Waals surface area contributed by atoms with E-state index in [0.717, 1.165) is 16.7 Å². The van der Waals surface area contributed by atoms with Gasteiger partial charge in [0, 0.05) is 32.1 Å². The molecule has 1 amide bonds. The molecule has 3 aromatic rings. The molecule has 2 atom stereocenters. The van der Waals surface area contributed by atoms with E-state index in [9.17, 15) is 4.79 Å². The van der Waals surface area contributed by atoms with Gasteiger partial charge in [-0.1, -0.05) is 60.7 Å². The fourth-order valence-electron chi connectivity index (χ4n) is 4.04. The van der Waals surface area contributed by atoms with Gasteiger partial charge in [-0.2, -0.15) is 0 Å². The smallest absolute Gasteiger partial charge is 0.266 e. The van der Waals surface area contributed by atoms with E-state index >= 15 is 0 Å². The van der Waals surface area contributed by atoms with Gasteiger partial charge in [-0.15, -0.1) is 0 Å². The van der Waals surface area contributed by atoms with Gasteiger partial charge in [0.05, 0.1) is 6.61 Å². The second-order valence-electron chi connectivity index (χ2n) is 8.07. The Labute approximate surface area is 199 Å². The largest absolute Gasteiger partial charge is 0.494 e. The maximum atomic E-state index is 13.5. The van der Waals surface area contributed by atoms with E-state index in [2.05, 4.69) is 10.9 Å². The highest BCUT2D eigenvalue weighted by atomic mass is 16.5. The molecule has 7 heteroatoms. The number of aliphatic hydroxyl groups is 1. The molecule has 176 valence electrons. The molecule has 34 heavy (non-hydrogen) atoms. The zero-order valence-electron chi connectivity index (χ0n) is 19.1. The van der Waals surface area contributed by atoms with Crippen molar-refractivity contribution in [3.8, 4) is 5.75 Å². The van der Waals surface area contributed by atoms with Crippen LogP contribution in [0.2, 0.25) is 0 Å². The Morgan fingerprint density at radius 1 is 1.03 bits per heavy atom. The van der Waals surface area contributed by atoms with E-state index < -0.39 is 11.6 Å². The summed E-state index contributed by atoms with van der Waals surface area (Å²) >= 11 is 0. The summed E-state index contributed by atoms with van der Waals surface area (Å²) < 4.78 is 12.0. The number of amides is 1. The van der Waals surface area contributed by atoms with Crippen LogP contribution in [0.15, 0.2) is 89.9 Å². The van der Waals surface area contributed by atoms with Crippen LogP contribution in [-0.2, 0) is 16.0 Å². The van der Waals surface area contributed by atoms with Crippen molar-refractivity contribution in [1.29, 1.82) is 0 Å². The highest BCUT2D eigenvalue weighted by molar-refractivity contribution is 6.01. The Morgan fingerprint density at radius 2 is 1.71 bits per heavy atom. The highest BCUT2D eigenvalue weighted by Gasteiger charge is 2.53. The molecule has 0 spiro atoms. The van der Waals surface area contributed by atoms with Gasteiger partial charge in [0.15, 0.2) is 11.6 Å². The molecule has 0 aromatic heterocycles. The molecule has 4 rings (SSSR count). The van der Waals surface area contributed by atoms with Crippen molar-refractivity contribution in [3.05, 3.63) is 102 Å². The molecule has 1 aliphatic heterocycles. The second-order valence-corrected chi connectivity index (χ2v) is 8.07. The lowest BCUT2D eigenvalue weighted by atomic mass is 9.82. The van der Waals surface area contributed by atoms with Crippen molar-refractivity contribution in [1.82, 2.24) is 10.9 Å². The van der Waals surface area contributed by atoms with Crippen LogP contribution in [0, 0.1) is 0 Å². The third-order valence-electron chi connectivity index (χ3n) is 5.69. The predicted octanol–water partition coefficient (Wildman–Crippen LogP) is 3.20. The molecule has 0 aliphatic carbocycles. The number of nitrogens with one attached hydrogen (secondary N) is 2. The van der Waals surface area contributed by atoms with Gasteiger partial charge in [-0.3, -0.25) is 10.2 Å². The summed E-state index contributed by atoms with van der Waals surface area (Å²) in [5.74, 6) is 0.823. The number of aliphatic hydroxyl groups excluding tert-OH is 1. The van der Waals surface area contributed by atoms with Gasteiger partial charge in [0.25, 0.3) is 5.91 Å². The van der Waals surface area contributed by atoms with Crippen molar-refractivity contribution in [2.75, 3.05) is 20.3 Å². The molecule has 0 bridgehead atoms. The van der Waals surface area contributed by atoms with Crippen molar-refractivity contribution in [2.24, 2.45) is 4.99 Å². The van der Waals surface area contributed by atoms with Gasteiger partial charge in [0.2, 0.25) is 5.90 Å². The van der Waals surface area contributed by atoms with E-state index in [-0.39, 0.29) is 12.5 Å². The number of hydrazine groups is 1. The minimum atomic E-state index is -1.21. The van der Waals surface area contributed by atoms with E-state index in [1.165, 1.54) is 0 Å². The quantitative estimate of drug-likeness (QED) is 0.320. The minimum Gasteiger partial charge on any atom is -0.494 e. The fraction of sp³-hybridized carbons (Fsp3) is 0.259. The molecule has 0 unspecified atom stereocenters. The van der Waals surface area contributed by atoms with Crippen molar-refractivity contribution in [3.63, 3.8) is 0 Å². The van der Waals surface area contributed by atoms with Crippen molar-refractivity contribution in [2.45, 2.75) is 24.5 Å². The van der Waals surface area contributed by atoms with E-state index in [1.807, 2.05) is 84.9 Å². The SMILES string of the molecule is CNNC(=O)[C@@]1(Cc2ccccc2)N=C(c2ccc(OCCCO)cc2)O[C@H]1c1ccccc1. The van der Waals surface area contributed by atoms with Crippen LogP contribution in [0.5, 0.6) is 5.75 Å². The first kappa shape index (κ1) is 23.5. The molecule has 1 heterocycles. The number of carbonyl (C=O) groups excluding carboxylic acids is 1. The minimum absolute atomic E-state index is 0.0851. The summed E-state index contributed by atoms with van der Waals surface area (Å²) in [4.78, 5) is 18.5. The Bertz CT molecular complexity index is 1100. The van der Waals surface area contributed by atoms with Gasteiger partial charge in [-0.25, -0.2) is 10.4 Å². The third kappa shape index (κ3) is 5.11. The number of hydrogen-bond donors (Lipinski definition) is 3. The Kier molecular flexibility index (Phi) is 7.57. The first-order valence-corrected chi connectivity index (χ1v) is 11.3. The number of nitrogens with zero attached hydrogens (tertiary/aromatic N) is 1. The van der Waals surface area contributed by atoms with E-state index in [0.29, 0.717) is 31.1 Å². The van der Waals surface area contributed by atoms with Gasteiger partial charge < -0.3 is 14.6 Å². The monoisotopic (exact) mass is 459 g/mol. The lowest BCUT2D eigenvalue weighted by molar-refractivity contribution is -0.129. The average molecular weight is 460 g/mol. The summed E-state index contributed by atoms with van der Waals surface area (Å²) in [5, 5.41) is 8.94. The van der Waals surface area contributed by atoms with Crippen LogP contribution in [-0.4, -0.2) is 42.7 Å². The number of hydrogen-bond acceptors (Lipinski definition) is 6. The lowest BCUT2D eigenvalue weighted by Gasteiger charge is -2.30. The highest BCUT2D eigenvalue weighted by Crippen LogP contribution is 2.42. The maximum Gasteiger partial charge on any atom is 0.266 e. The molecular weight excluding hydrogens is 430 g/mol. The number of carbonyl (C=O) groups is 1. The molecular formula is C27H29N3O4. The van der Waals surface area contributed by atoms with Gasteiger partial charge in [0.1, 0.15) is 5.75 Å². The zero-order chi connectivity index (χ0) is 23.8. The topological polar surface area (TPSA) is 92.2 Å². The molecule has 3 aromatic carbocycles. The first-order valence-electron chi connectivity index (χ1n) is 11.3. The average Bonchev–Trinajstić information content (AvgIpc) is 3.26. The molecule has 0 radical (unpaired) electrons. The Hall–Kier alpha value is -3.68. The van der Waals surface area contributed by atoms with Crippen LogP contribution in [0.25, 0.3) is 0 Å². The standard InChI is InChI=1S/C27H29N3O4/c1-28-30-26(32)27(19-20-9-4-2-5-10-20)24(21-11-6-3-7-12-21)34-25(29-27)22-13-15-23(16-14-22)33-18-8-17-31/h2-7,9-16,24,28,31H,8,17-19H2,1H3,(H,30,32)/t24-,27-/m0/s1. The van der Waals surface area contributed by atoms with E-state index in [1.54, 1.807) is 7.05 Å². The van der Waals surface area contributed by atoms with Crippen LogP contribution < -0.4 is 15.6 Å². The summed E-state index contributed by atoms with van der Waals surface area (Å²) in [6, 6.07) is 26.9. The lowest BCUT2D eigenvalue weighted by Crippen LogP contribution is -2.53. The summed E-state index contributed by atoms with van der Waals surface area (Å²) in [7, 11) is 1.65. The third-order valence-corrected chi connectivity index (χ3v) is 5.69. The normalized spacial score (nSPS) is 19.2. The van der Waals surface area contributed by atoms with Crippen LogP contribution in [0.1, 0.15) is 29.2 Å².